The largest absolute Gasteiger partial charge is 0.481 e. The molecule has 1 fully saturated rings. The van der Waals surface area contributed by atoms with Crippen molar-refractivity contribution in [3.63, 3.8) is 0 Å². The number of benzene rings is 1. The normalized spacial score (nSPS) is 15.5. The molecular formula is C11H9BrClNO3. The van der Waals surface area contributed by atoms with Gasteiger partial charge in [0.25, 0.3) is 5.91 Å². The second-order valence-electron chi connectivity index (χ2n) is 3.90. The molecule has 1 aromatic carbocycles. The summed E-state index contributed by atoms with van der Waals surface area (Å²) in [4.78, 5) is 24.1. The molecule has 1 amide bonds. The first kappa shape index (κ1) is 12.4. The Labute approximate surface area is 111 Å². The maximum atomic E-state index is 12.0. The lowest BCUT2D eigenvalue weighted by Gasteiger charge is -2.36. The van der Waals surface area contributed by atoms with Crippen LogP contribution in [0.5, 0.6) is 0 Å². The van der Waals surface area contributed by atoms with E-state index < -0.39 is 11.9 Å². The van der Waals surface area contributed by atoms with Gasteiger partial charge in [-0.3, -0.25) is 9.59 Å². The Morgan fingerprint density at radius 3 is 2.53 bits per heavy atom. The molecule has 1 saturated heterocycles. The van der Waals surface area contributed by atoms with Crippen molar-refractivity contribution in [1.29, 1.82) is 0 Å². The molecular weight excluding hydrogens is 309 g/mol. The van der Waals surface area contributed by atoms with Crippen LogP contribution in [-0.2, 0) is 4.79 Å². The lowest BCUT2D eigenvalue weighted by molar-refractivity contribution is -0.146. The van der Waals surface area contributed by atoms with Crippen LogP contribution in [0.1, 0.15) is 10.4 Å². The van der Waals surface area contributed by atoms with Crippen LogP contribution in [0.25, 0.3) is 0 Å². The average Bonchev–Trinajstić information content (AvgIpc) is 2.12. The second-order valence-corrected chi connectivity index (χ2v) is 5.26. The molecule has 2 rings (SSSR count). The number of hydrogen-bond acceptors (Lipinski definition) is 2. The van der Waals surface area contributed by atoms with E-state index in [0.717, 1.165) is 4.47 Å². The van der Waals surface area contributed by atoms with E-state index in [0.29, 0.717) is 10.6 Å². The fraction of sp³-hybridized carbons (Fsp3) is 0.273. The summed E-state index contributed by atoms with van der Waals surface area (Å²) in [6.07, 6.45) is 0. The third-order valence-corrected chi connectivity index (χ3v) is 3.30. The first-order chi connectivity index (χ1) is 7.97. The van der Waals surface area contributed by atoms with Crippen LogP contribution < -0.4 is 0 Å². The highest BCUT2D eigenvalue weighted by Gasteiger charge is 2.35. The van der Waals surface area contributed by atoms with Gasteiger partial charge in [-0.2, -0.15) is 0 Å². The van der Waals surface area contributed by atoms with E-state index in [-0.39, 0.29) is 19.0 Å². The highest BCUT2D eigenvalue weighted by Crippen LogP contribution is 2.23. The highest BCUT2D eigenvalue weighted by molar-refractivity contribution is 9.10. The van der Waals surface area contributed by atoms with Gasteiger partial charge in [-0.15, -0.1) is 0 Å². The molecule has 0 atom stereocenters. The molecule has 0 aliphatic carbocycles. The monoisotopic (exact) mass is 317 g/mol. The standard InChI is InChI=1S/C11H9BrClNO3/c12-8-1-6(2-9(13)3-8)10(15)14-4-7(5-14)11(16)17/h1-3,7H,4-5H2,(H,16,17). The second kappa shape index (κ2) is 4.66. The molecule has 1 aliphatic heterocycles. The lowest BCUT2D eigenvalue weighted by atomic mass is 9.99. The number of carboxylic acid groups (broad SMARTS) is 1. The van der Waals surface area contributed by atoms with E-state index >= 15 is 0 Å². The number of halogens is 2. The molecule has 0 radical (unpaired) electrons. The number of carbonyl (C=O) groups is 2. The molecule has 1 aromatic rings. The zero-order chi connectivity index (χ0) is 12.6. The van der Waals surface area contributed by atoms with E-state index in [4.69, 9.17) is 16.7 Å². The zero-order valence-corrected chi connectivity index (χ0v) is 11.0. The van der Waals surface area contributed by atoms with Crippen LogP contribution in [0.15, 0.2) is 22.7 Å². The van der Waals surface area contributed by atoms with Crippen LogP contribution in [0.2, 0.25) is 5.02 Å². The van der Waals surface area contributed by atoms with Gasteiger partial charge < -0.3 is 10.0 Å². The summed E-state index contributed by atoms with van der Waals surface area (Å²) in [5.74, 6) is -1.49. The molecule has 1 heterocycles. The maximum absolute atomic E-state index is 12.0. The molecule has 6 heteroatoms. The Balaban J connectivity index is 2.09. The number of likely N-dealkylation sites (tertiary alicyclic amines) is 1. The van der Waals surface area contributed by atoms with Gasteiger partial charge in [0.05, 0.1) is 5.92 Å². The van der Waals surface area contributed by atoms with Gasteiger partial charge in [0, 0.05) is 28.1 Å². The molecule has 0 aromatic heterocycles. The van der Waals surface area contributed by atoms with Crippen LogP contribution in [0.4, 0.5) is 0 Å². The van der Waals surface area contributed by atoms with Crippen LogP contribution >= 0.6 is 27.5 Å². The van der Waals surface area contributed by atoms with Crippen molar-refractivity contribution in [1.82, 2.24) is 4.90 Å². The Hall–Kier alpha value is -1.07. The van der Waals surface area contributed by atoms with Gasteiger partial charge in [-0.25, -0.2) is 0 Å². The third-order valence-electron chi connectivity index (χ3n) is 2.63. The smallest absolute Gasteiger partial charge is 0.310 e. The Morgan fingerprint density at radius 1 is 1.35 bits per heavy atom. The van der Waals surface area contributed by atoms with Crippen LogP contribution in [0.3, 0.4) is 0 Å². The fourth-order valence-electron chi connectivity index (χ4n) is 1.66. The van der Waals surface area contributed by atoms with Crippen molar-refractivity contribution in [3.05, 3.63) is 33.3 Å². The van der Waals surface area contributed by atoms with Crippen molar-refractivity contribution >= 4 is 39.4 Å². The Morgan fingerprint density at radius 2 is 2.00 bits per heavy atom. The van der Waals surface area contributed by atoms with Crippen molar-refractivity contribution in [2.75, 3.05) is 13.1 Å². The summed E-state index contributed by atoms with van der Waals surface area (Å²) in [6, 6.07) is 4.93. The SMILES string of the molecule is O=C(O)C1CN(C(=O)c2cc(Cl)cc(Br)c2)C1. The first-order valence-electron chi connectivity index (χ1n) is 4.95. The van der Waals surface area contributed by atoms with Gasteiger partial charge in [-0.1, -0.05) is 27.5 Å². The average molecular weight is 319 g/mol. The quantitative estimate of drug-likeness (QED) is 0.910. The topological polar surface area (TPSA) is 57.6 Å². The number of amides is 1. The highest BCUT2D eigenvalue weighted by atomic mass is 79.9. The summed E-state index contributed by atoms with van der Waals surface area (Å²) >= 11 is 9.10. The van der Waals surface area contributed by atoms with Crippen molar-refractivity contribution in [3.8, 4) is 0 Å². The minimum atomic E-state index is -0.860. The number of rotatable bonds is 2. The summed E-state index contributed by atoms with van der Waals surface area (Å²) < 4.78 is 0.726. The van der Waals surface area contributed by atoms with Crippen molar-refractivity contribution < 1.29 is 14.7 Å². The van der Waals surface area contributed by atoms with E-state index in [9.17, 15) is 9.59 Å². The molecule has 17 heavy (non-hydrogen) atoms. The molecule has 0 spiro atoms. The van der Waals surface area contributed by atoms with Crippen LogP contribution in [-0.4, -0.2) is 35.0 Å². The molecule has 0 saturated carbocycles. The molecule has 90 valence electrons. The van der Waals surface area contributed by atoms with Gasteiger partial charge >= 0.3 is 5.97 Å². The number of nitrogens with zero attached hydrogens (tertiary/aromatic N) is 1. The van der Waals surface area contributed by atoms with Crippen molar-refractivity contribution in [2.45, 2.75) is 0 Å². The van der Waals surface area contributed by atoms with Gasteiger partial charge in [0.2, 0.25) is 0 Å². The van der Waals surface area contributed by atoms with Gasteiger partial charge in [0.15, 0.2) is 0 Å². The number of carbonyl (C=O) groups excluding carboxylic acids is 1. The summed E-state index contributed by atoms with van der Waals surface area (Å²) in [5, 5.41) is 9.20. The minimum Gasteiger partial charge on any atom is -0.481 e. The zero-order valence-electron chi connectivity index (χ0n) is 8.69. The van der Waals surface area contributed by atoms with Gasteiger partial charge in [-0.05, 0) is 18.2 Å². The predicted octanol–water partition coefficient (Wildman–Crippen LogP) is 2.26. The number of carboxylic acids is 1. The third kappa shape index (κ3) is 2.61. The van der Waals surface area contributed by atoms with E-state index in [1.165, 1.54) is 4.90 Å². The van der Waals surface area contributed by atoms with E-state index in [1.54, 1.807) is 18.2 Å². The van der Waals surface area contributed by atoms with Crippen LogP contribution in [0, 0.1) is 5.92 Å². The summed E-state index contributed by atoms with van der Waals surface area (Å²) in [7, 11) is 0. The molecule has 0 bridgehead atoms. The fourth-order valence-corrected chi connectivity index (χ4v) is 2.52. The first-order valence-corrected chi connectivity index (χ1v) is 6.12. The maximum Gasteiger partial charge on any atom is 0.310 e. The summed E-state index contributed by atoms with van der Waals surface area (Å²) in [5.41, 5.74) is 0.466. The minimum absolute atomic E-state index is 0.189. The summed E-state index contributed by atoms with van der Waals surface area (Å²) in [6.45, 7) is 0.524. The lowest BCUT2D eigenvalue weighted by Crippen LogP contribution is -2.53. The van der Waals surface area contributed by atoms with E-state index in [1.807, 2.05) is 0 Å². The predicted molar refractivity (Wildman–Crippen MR) is 66.2 cm³/mol. The molecule has 4 nitrogen and oxygen atoms in total. The van der Waals surface area contributed by atoms with Gasteiger partial charge in [0.1, 0.15) is 0 Å². The molecule has 1 N–H and O–H groups in total. The number of hydrogen-bond donors (Lipinski definition) is 1. The Kier molecular flexibility index (Phi) is 3.40. The molecule has 0 unspecified atom stereocenters. The Bertz CT molecular complexity index is 465. The van der Waals surface area contributed by atoms with Crippen molar-refractivity contribution in [2.24, 2.45) is 5.92 Å². The molecule has 1 aliphatic rings. The van der Waals surface area contributed by atoms with E-state index in [2.05, 4.69) is 15.9 Å². The number of aliphatic carboxylic acids is 1.